The zero-order chi connectivity index (χ0) is 9.54. The average molecular weight is 206 g/mol. The Balaban J connectivity index is 1.99. The van der Waals surface area contributed by atoms with E-state index in [1.807, 2.05) is 5.51 Å². The summed E-state index contributed by atoms with van der Waals surface area (Å²) in [5.74, 6) is 0.908. The van der Waals surface area contributed by atoms with Gasteiger partial charge in [0.25, 0.3) is 0 Å². The molecule has 0 saturated heterocycles. The molecule has 0 amide bonds. The number of aryl methyl sites for hydroxylation is 1. The molecule has 1 fully saturated rings. The van der Waals surface area contributed by atoms with E-state index in [-0.39, 0.29) is 0 Å². The van der Waals surface area contributed by atoms with Crippen molar-refractivity contribution in [3.8, 4) is 0 Å². The maximum absolute atomic E-state index is 4.43. The van der Waals surface area contributed by atoms with E-state index in [4.69, 9.17) is 0 Å². The van der Waals surface area contributed by atoms with Crippen molar-refractivity contribution in [1.29, 1.82) is 0 Å². The predicted octanol–water partition coefficient (Wildman–Crippen LogP) is 3.21. The maximum Gasteiger partial charge on any atom is 0.151 e. The van der Waals surface area contributed by atoms with Crippen molar-refractivity contribution in [2.75, 3.05) is 0 Å². The molecule has 0 radical (unpaired) electrons. The Morgan fingerprint density at radius 2 is 2.43 bits per heavy atom. The molecule has 1 saturated carbocycles. The summed E-state index contributed by atoms with van der Waals surface area (Å²) in [5.41, 5.74) is 4.51. The van der Waals surface area contributed by atoms with Crippen LogP contribution in [0.3, 0.4) is 0 Å². The third-order valence-electron chi connectivity index (χ3n) is 3.26. The predicted molar refractivity (Wildman–Crippen MR) is 59.7 cm³/mol. The molecule has 3 heteroatoms. The first kappa shape index (κ1) is 8.48. The summed E-state index contributed by atoms with van der Waals surface area (Å²) in [6.45, 7) is 3.37. The Labute approximate surface area is 87.6 Å². The second kappa shape index (κ2) is 3.09. The summed E-state index contributed by atoms with van der Waals surface area (Å²) in [7, 11) is 0. The smallest absolute Gasteiger partial charge is 0.151 e. The van der Waals surface area contributed by atoms with E-state index in [1.165, 1.54) is 41.8 Å². The van der Waals surface area contributed by atoms with Gasteiger partial charge in [-0.05, 0) is 31.7 Å². The number of thiazole rings is 1. The number of hydrogen-bond donors (Lipinski definition) is 0. The van der Waals surface area contributed by atoms with E-state index in [2.05, 4.69) is 22.5 Å². The SMILES string of the molecule is Cc1cc2scnc2n1CC1CCC1. The first-order valence-electron chi connectivity index (χ1n) is 5.24. The highest BCUT2D eigenvalue weighted by molar-refractivity contribution is 7.16. The molecule has 0 bridgehead atoms. The Hall–Kier alpha value is -0.830. The van der Waals surface area contributed by atoms with Crippen molar-refractivity contribution in [2.24, 2.45) is 5.92 Å². The fourth-order valence-corrected chi connectivity index (χ4v) is 2.92. The molecule has 2 aromatic heterocycles. The number of aromatic nitrogens is 2. The van der Waals surface area contributed by atoms with Crippen LogP contribution in [-0.2, 0) is 6.54 Å². The zero-order valence-corrected chi connectivity index (χ0v) is 9.18. The lowest BCUT2D eigenvalue weighted by molar-refractivity contribution is 0.278. The minimum Gasteiger partial charge on any atom is -0.329 e. The van der Waals surface area contributed by atoms with Crippen molar-refractivity contribution < 1.29 is 0 Å². The fourth-order valence-electron chi connectivity index (χ4n) is 2.15. The van der Waals surface area contributed by atoms with Crippen molar-refractivity contribution in [1.82, 2.24) is 9.55 Å². The van der Waals surface area contributed by atoms with Crippen molar-refractivity contribution in [2.45, 2.75) is 32.7 Å². The van der Waals surface area contributed by atoms with Gasteiger partial charge in [0, 0.05) is 12.2 Å². The lowest BCUT2D eigenvalue weighted by Crippen LogP contribution is -2.18. The van der Waals surface area contributed by atoms with Crippen LogP contribution < -0.4 is 0 Å². The highest BCUT2D eigenvalue weighted by Gasteiger charge is 2.19. The number of nitrogens with zero attached hydrogens (tertiary/aromatic N) is 2. The van der Waals surface area contributed by atoms with Gasteiger partial charge >= 0.3 is 0 Å². The van der Waals surface area contributed by atoms with E-state index in [9.17, 15) is 0 Å². The molecule has 14 heavy (non-hydrogen) atoms. The minimum atomic E-state index is 0.908. The largest absolute Gasteiger partial charge is 0.329 e. The summed E-state index contributed by atoms with van der Waals surface area (Å²) >= 11 is 1.74. The van der Waals surface area contributed by atoms with Gasteiger partial charge < -0.3 is 4.57 Å². The third-order valence-corrected chi connectivity index (χ3v) is 4.03. The molecule has 0 aliphatic heterocycles. The Kier molecular flexibility index (Phi) is 1.87. The molecular weight excluding hydrogens is 192 g/mol. The van der Waals surface area contributed by atoms with Gasteiger partial charge in [-0.25, -0.2) is 4.98 Å². The Morgan fingerprint density at radius 1 is 1.57 bits per heavy atom. The number of fused-ring (bicyclic) bond motifs is 1. The number of rotatable bonds is 2. The Bertz CT molecular complexity index is 451. The van der Waals surface area contributed by atoms with Crippen LogP contribution in [0.2, 0.25) is 0 Å². The molecule has 74 valence electrons. The summed E-state index contributed by atoms with van der Waals surface area (Å²) in [4.78, 5) is 4.43. The van der Waals surface area contributed by atoms with Gasteiger partial charge in [-0.3, -0.25) is 0 Å². The molecule has 0 N–H and O–H groups in total. The van der Waals surface area contributed by atoms with Gasteiger partial charge in [0.15, 0.2) is 5.65 Å². The average Bonchev–Trinajstić information content (AvgIpc) is 2.59. The zero-order valence-electron chi connectivity index (χ0n) is 8.36. The first-order valence-corrected chi connectivity index (χ1v) is 6.12. The summed E-state index contributed by atoms with van der Waals surface area (Å²) in [5, 5.41) is 0. The van der Waals surface area contributed by atoms with Gasteiger partial charge in [0.2, 0.25) is 0 Å². The summed E-state index contributed by atoms with van der Waals surface area (Å²) < 4.78 is 3.72. The van der Waals surface area contributed by atoms with Crippen LogP contribution in [0.4, 0.5) is 0 Å². The second-order valence-electron chi connectivity index (χ2n) is 4.23. The molecule has 0 spiro atoms. The molecular formula is C11H14N2S. The quantitative estimate of drug-likeness (QED) is 0.737. The topological polar surface area (TPSA) is 17.8 Å². The molecule has 1 aliphatic carbocycles. The second-order valence-corrected chi connectivity index (χ2v) is 5.12. The molecule has 0 aromatic carbocycles. The molecule has 3 rings (SSSR count). The molecule has 0 atom stereocenters. The van der Waals surface area contributed by atoms with Crippen LogP contribution >= 0.6 is 11.3 Å². The molecule has 2 nitrogen and oxygen atoms in total. The van der Waals surface area contributed by atoms with Gasteiger partial charge in [-0.1, -0.05) is 6.42 Å². The van der Waals surface area contributed by atoms with E-state index in [0.29, 0.717) is 0 Å². The third kappa shape index (κ3) is 1.19. The fraction of sp³-hybridized carbons (Fsp3) is 0.545. The van der Waals surface area contributed by atoms with Crippen molar-refractivity contribution in [3.63, 3.8) is 0 Å². The number of hydrogen-bond acceptors (Lipinski definition) is 2. The van der Waals surface area contributed by atoms with E-state index >= 15 is 0 Å². The summed E-state index contributed by atoms with van der Waals surface area (Å²) in [6.07, 6.45) is 4.23. The standard InChI is InChI=1S/C11H14N2S/c1-8-5-10-11(12-7-14-10)13(8)6-9-3-2-4-9/h5,7,9H,2-4,6H2,1H3. The first-order chi connectivity index (χ1) is 6.84. The van der Waals surface area contributed by atoms with Crippen LogP contribution in [0, 0.1) is 12.8 Å². The van der Waals surface area contributed by atoms with Gasteiger partial charge in [0.05, 0.1) is 10.2 Å². The van der Waals surface area contributed by atoms with Crippen LogP contribution in [0.15, 0.2) is 11.6 Å². The monoisotopic (exact) mass is 206 g/mol. The Morgan fingerprint density at radius 3 is 3.14 bits per heavy atom. The van der Waals surface area contributed by atoms with Crippen LogP contribution in [0.5, 0.6) is 0 Å². The van der Waals surface area contributed by atoms with E-state index < -0.39 is 0 Å². The van der Waals surface area contributed by atoms with Crippen LogP contribution in [0.1, 0.15) is 25.0 Å². The highest BCUT2D eigenvalue weighted by Crippen LogP contribution is 2.31. The minimum absolute atomic E-state index is 0.908. The highest BCUT2D eigenvalue weighted by atomic mass is 32.1. The molecule has 1 aliphatic rings. The van der Waals surface area contributed by atoms with E-state index in [0.717, 1.165) is 5.92 Å². The van der Waals surface area contributed by atoms with Gasteiger partial charge in [-0.15, -0.1) is 11.3 Å². The normalized spacial score (nSPS) is 17.5. The van der Waals surface area contributed by atoms with Crippen LogP contribution in [-0.4, -0.2) is 9.55 Å². The van der Waals surface area contributed by atoms with Crippen LogP contribution in [0.25, 0.3) is 10.3 Å². The summed E-state index contributed by atoms with van der Waals surface area (Å²) in [6, 6.07) is 2.26. The maximum atomic E-state index is 4.43. The molecule has 2 aromatic rings. The van der Waals surface area contributed by atoms with Crippen molar-refractivity contribution >= 4 is 21.7 Å². The lowest BCUT2D eigenvalue weighted by Gasteiger charge is -2.26. The lowest BCUT2D eigenvalue weighted by atomic mass is 9.85. The van der Waals surface area contributed by atoms with Crippen molar-refractivity contribution in [3.05, 3.63) is 17.3 Å². The van der Waals surface area contributed by atoms with Gasteiger partial charge in [-0.2, -0.15) is 0 Å². The van der Waals surface area contributed by atoms with Gasteiger partial charge in [0.1, 0.15) is 0 Å². The molecule has 2 heterocycles. The molecule has 0 unspecified atom stereocenters. The van der Waals surface area contributed by atoms with E-state index in [1.54, 1.807) is 11.3 Å².